The third kappa shape index (κ3) is 3.03. The molecule has 0 aliphatic rings. The fraction of sp³-hybridized carbons (Fsp3) is 0. The number of nitrogens with zero attached hydrogens (tertiary/aromatic N) is 4. The van der Waals surface area contributed by atoms with Gasteiger partial charge in [-0.15, -0.1) is 0 Å². The van der Waals surface area contributed by atoms with Crippen molar-refractivity contribution in [3.8, 4) is 11.6 Å². The van der Waals surface area contributed by atoms with Gasteiger partial charge in [0.25, 0.3) is 0 Å². The van der Waals surface area contributed by atoms with Crippen LogP contribution in [0.4, 0.5) is 17.2 Å². The zero-order valence-corrected chi connectivity index (χ0v) is 11.0. The molecule has 0 aromatic carbocycles. The number of rotatable bonds is 4. The molecule has 21 heavy (non-hydrogen) atoms. The summed E-state index contributed by atoms with van der Waals surface area (Å²) in [5.74, 6) is 1.29. The highest BCUT2D eigenvalue weighted by Gasteiger charge is 2.10. The number of nitrogens with two attached hydrogens (primary N) is 1. The highest BCUT2D eigenvalue weighted by Crippen LogP contribution is 2.30. The first kappa shape index (κ1) is 12.8. The van der Waals surface area contributed by atoms with Crippen molar-refractivity contribution >= 4 is 17.2 Å². The van der Waals surface area contributed by atoms with Crippen LogP contribution in [0, 0.1) is 0 Å². The quantitative estimate of drug-likeness (QED) is 0.756. The topological polar surface area (TPSA) is 98.8 Å². The van der Waals surface area contributed by atoms with Gasteiger partial charge < -0.3 is 15.8 Å². The molecule has 3 rings (SSSR count). The Balaban J connectivity index is 1.85. The van der Waals surface area contributed by atoms with Crippen LogP contribution in [0.2, 0.25) is 0 Å². The molecule has 0 saturated carbocycles. The molecule has 0 unspecified atom stereocenters. The van der Waals surface area contributed by atoms with Gasteiger partial charge in [-0.05, 0) is 24.3 Å². The molecular weight excluding hydrogens is 268 g/mol. The Labute approximate surface area is 120 Å². The number of pyridine rings is 2. The first-order valence-corrected chi connectivity index (χ1v) is 6.18. The first-order valence-electron chi connectivity index (χ1n) is 6.18. The maximum Gasteiger partial charge on any atom is 0.248 e. The largest absolute Gasteiger partial charge is 0.435 e. The minimum atomic E-state index is 0.273. The normalized spacial score (nSPS) is 10.1. The molecule has 0 atom stereocenters. The van der Waals surface area contributed by atoms with Crippen LogP contribution in [0.5, 0.6) is 11.6 Å². The van der Waals surface area contributed by atoms with E-state index in [0.717, 1.165) is 5.69 Å². The van der Waals surface area contributed by atoms with Crippen LogP contribution in [0.25, 0.3) is 0 Å². The minimum absolute atomic E-state index is 0.273. The summed E-state index contributed by atoms with van der Waals surface area (Å²) >= 11 is 0. The molecule has 3 heterocycles. The molecule has 3 N–H and O–H groups in total. The maximum absolute atomic E-state index is 6.03. The molecule has 7 nitrogen and oxygen atoms in total. The fourth-order valence-corrected chi connectivity index (χ4v) is 1.65. The minimum Gasteiger partial charge on any atom is -0.435 e. The van der Waals surface area contributed by atoms with Gasteiger partial charge in [0.05, 0.1) is 6.20 Å². The van der Waals surface area contributed by atoms with E-state index < -0.39 is 0 Å². The summed E-state index contributed by atoms with van der Waals surface area (Å²) in [6.45, 7) is 0. The van der Waals surface area contributed by atoms with E-state index in [0.29, 0.717) is 17.3 Å². The Kier molecular flexibility index (Phi) is 3.55. The number of hydrogen-bond donors (Lipinski definition) is 2. The molecule has 0 aliphatic heterocycles. The number of nitrogen functional groups attached to an aromatic ring is 1. The van der Waals surface area contributed by atoms with Crippen LogP contribution < -0.4 is 15.8 Å². The van der Waals surface area contributed by atoms with Crippen molar-refractivity contribution in [2.45, 2.75) is 0 Å². The van der Waals surface area contributed by atoms with E-state index in [1.165, 1.54) is 6.33 Å². The van der Waals surface area contributed by atoms with Crippen LogP contribution in [-0.2, 0) is 0 Å². The second-order valence-electron chi connectivity index (χ2n) is 4.09. The standard InChI is InChI=1S/C14H12N6O/c15-12-13(20-10-3-6-16-7-4-10)18-9-19-14(12)21-11-2-1-5-17-8-11/h1-9H,15H2,(H,16,18,19,20). The van der Waals surface area contributed by atoms with E-state index in [9.17, 15) is 0 Å². The van der Waals surface area contributed by atoms with E-state index in [1.807, 2.05) is 12.1 Å². The van der Waals surface area contributed by atoms with Crippen molar-refractivity contribution in [2.75, 3.05) is 11.1 Å². The fourth-order valence-electron chi connectivity index (χ4n) is 1.65. The van der Waals surface area contributed by atoms with Crippen LogP contribution in [0.3, 0.4) is 0 Å². The average Bonchev–Trinajstić information content (AvgIpc) is 2.53. The summed E-state index contributed by atoms with van der Waals surface area (Å²) in [5, 5.41) is 3.09. The molecule has 0 aliphatic carbocycles. The lowest BCUT2D eigenvalue weighted by molar-refractivity contribution is 0.462. The number of aromatic nitrogens is 4. The Morgan fingerprint density at radius 1 is 1.00 bits per heavy atom. The molecule has 0 saturated heterocycles. The monoisotopic (exact) mass is 280 g/mol. The summed E-state index contributed by atoms with van der Waals surface area (Å²) in [5.41, 5.74) is 7.17. The molecule has 104 valence electrons. The Morgan fingerprint density at radius 3 is 2.62 bits per heavy atom. The second-order valence-corrected chi connectivity index (χ2v) is 4.09. The van der Waals surface area contributed by atoms with Crippen LogP contribution >= 0.6 is 0 Å². The number of ether oxygens (including phenoxy) is 1. The number of anilines is 3. The van der Waals surface area contributed by atoms with Gasteiger partial charge in [-0.25, -0.2) is 4.98 Å². The molecule has 3 aromatic heterocycles. The highest BCUT2D eigenvalue weighted by molar-refractivity contribution is 5.72. The zero-order valence-electron chi connectivity index (χ0n) is 11.0. The lowest BCUT2D eigenvalue weighted by Gasteiger charge is -2.11. The number of nitrogens with one attached hydrogen (secondary N) is 1. The van der Waals surface area contributed by atoms with Crippen molar-refractivity contribution in [2.24, 2.45) is 0 Å². The average molecular weight is 280 g/mol. The van der Waals surface area contributed by atoms with Crippen LogP contribution in [-0.4, -0.2) is 19.9 Å². The SMILES string of the molecule is Nc1c(Nc2ccncc2)ncnc1Oc1cccnc1. The van der Waals surface area contributed by atoms with Gasteiger partial charge in [-0.1, -0.05) is 0 Å². The first-order chi connectivity index (χ1) is 10.3. The summed E-state index contributed by atoms with van der Waals surface area (Å²) < 4.78 is 5.60. The van der Waals surface area contributed by atoms with Gasteiger partial charge in [0, 0.05) is 24.3 Å². The number of hydrogen-bond acceptors (Lipinski definition) is 7. The van der Waals surface area contributed by atoms with Gasteiger partial charge >= 0.3 is 0 Å². The second kappa shape index (κ2) is 5.83. The molecule has 0 spiro atoms. The van der Waals surface area contributed by atoms with Gasteiger partial charge in [-0.2, -0.15) is 4.98 Å². The molecule has 0 fully saturated rings. The van der Waals surface area contributed by atoms with Crippen molar-refractivity contribution in [3.63, 3.8) is 0 Å². The van der Waals surface area contributed by atoms with Crippen molar-refractivity contribution in [1.82, 2.24) is 19.9 Å². The third-order valence-electron chi connectivity index (χ3n) is 2.64. The van der Waals surface area contributed by atoms with E-state index in [-0.39, 0.29) is 5.88 Å². The lowest BCUT2D eigenvalue weighted by atomic mass is 10.4. The van der Waals surface area contributed by atoms with Gasteiger partial charge in [-0.3, -0.25) is 9.97 Å². The predicted molar refractivity (Wildman–Crippen MR) is 78.3 cm³/mol. The summed E-state index contributed by atoms with van der Waals surface area (Å²) in [6.07, 6.45) is 7.97. The summed E-state index contributed by atoms with van der Waals surface area (Å²) in [4.78, 5) is 16.1. The third-order valence-corrected chi connectivity index (χ3v) is 2.64. The van der Waals surface area contributed by atoms with Gasteiger partial charge in [0.1, 0.15) is 17.8 Å². The Hall–Kier alpha value is -3.22. The van der Waals surface area contributed by atoms with E-state index in [4.69, 9.17) is 10.5 Å². The molecule has 0 bridgehead atoms. The summed E-state index contributed by atoms with van der Waals surface area (Å²) in [7, 11) is 0. The van der Waals surface area contributed by atoms with E-state index in [2.05, 4.69) is 25.3 Å². The maximum atomic E-state index is 6.03. The molecule has 7 heteroatoms. The van der Waals surface area contributed by atoms with Crippen LogP contribution in [0.1, 0.15) is 0 Å². The predicted octanol–water partition coefficient (Wildman–Crippen LogP) is 2.38. The van der Waals surface area contributed by atoms with Crippen LogP contribution in [0.15, 0.2) is 55.4 Å². The van der Waals surface area contributed by atoms with Gasteiger partial charge in [0.15, 0.2) is 5.82 Å². The van der Waals surface area contributed by atoms with Crippen molar-refractivity contribution < 1.29 is 4.74 Å². The van der Waals surface area contributed by atoms with E-state index >= 15 is 0 Å². The van der Waals surface area contributed by atoms with Crippen molar-refractivity contribution in [1.29, 1.82) is 0 Å². The van der Waals surface area contributed by atoms with Gasteiger partial charge in [0.2, 0.25) is 5.88 Å². The highest BCUT2D eigenvalue weighted by atomic mass is 16.5. The smallest absolute Gasteiger partial charge is 0.248 e. The molecule has 3 aromatic rings. The zero-order chi connectivity index (χ0) is 14.5. The molecule has 0 amide bonds. The summed E-state index contributed by atoms with van der Waals surface area (Å²) in [6, 6.07) is 7.15. The van der Waals surface area contributed by atoms with Crippen molar-refractivity contribution in [3.05, 3.63) is 55.4 Å². The molecular formula is C14H12N6O. The lowest BCUT2D eigenvalue weighted by Crippen LogP contribution is -2.03. The Bertz CT molecular complexity index is 660. The molecule has 0 radical (unpaired) electrons. The van der Waals surface area contributed by atoms with E-state index in [1.54, 1.807) is 36.9 Å². The Morgan fingerprint density at radius 2 is 1.86 bits per heavy atom.